The molecule has 0 atom stereocenters. The van der Waals surface area contributed by atoms with Crippen LogP contribution in [0.4, 0.5) is 0 Å². The molecule has 0 heterocycles. The third kappa shape index (κ3) is 10.2. The van der Waals surface area contributed by atoms with Crippen molar-refractivity contribution in [3.63, 3.8) is 0 Å². The van der Waals surface area contributed by atoms with E-state index < -0.39 is 0 Å². The fraction of sp³-hybridized carbons (Fsp3) is 0.571. The number of carbonyl (C=O) groups excluding carboxylic acids is 2. The molecule has 102 valence electrons. The normalized spacial score (nSPS) is 12.4. The summed E-state index contributed by atoms with van der Waals surface area (Å²) in [6.45, 7) is 5.50. The molecule has 20 heavy (non-hydrogen) atoms. The Morgan fingerprint density at radius 3 is 1.10 bits per heavy atom. The third-order valence-electron chi connectivity index (χ3n) is 2.80. The van der Waals surface area contributed by atoms with E-state index in [1.54, 1.807) is 0 Å². The topological polar surface area (TPSA) is 80.3 Å². The number of unbranched alkanes of at least 4 members (excludes halogenated alkanes) is 1. The number of carbonyl (C=O) groups is 2. The molecule has 0 saturated carbocycles. The molecule has 6 heteroatoms. The van der Waals surface area contributed by atoms with E-state index in [-0.39, 0.29) is 82.2 Å². The Hall–Kier alpha value is 0.420. The molecular formula is C14H20Na2O4. The van der Waals surface area contributed by atoms with Crippen molar-refractivity contribution in [2.24, 2.45) is 0 Å². The minimum absolute atomic E-state index is 0. The largest absolute Gasteiger partial charge is 1.00 e. The van der Waals surface area contributed by atoms with Crippen molar-refractivity contribution in [2.45, 2.75) is 53.4 Å². The van der Waals surface area contributed by atoms with Gasteiger partial charge in [0.15, 0.2) is 11.6 Å². The molecule has 0 aromatic rings. The number of ketones is 2. The Morgan fingerprint density at radius 2 is 0.950 bits per heavy atom. The van der Waals surface area contributed by atoms with E-state index in [4.69, 9.17) is 0 Å². The summed E-state index contributed by atoms with van der Waals surface area (Å²) in [5.41, 5.74) is 0.615. The van der Waals surface area contributed by atoms with Crippen molar-refractivity contribution in [3.8, 4) is 0 Å². The van der Waals surface area contributed by atoms with Gasteiger partial charge in [-0.15, -0.1) is 11.5 Å². The van der Waals surface area contributed by atoms with E-state index >= 15 is 0 Å². The summed E-state index contributed by atoms with van der Waals surface area (Å²) in [7, 11) is 0. The summed E-state index contributed by atoms with van der Waals surface area (Å²) < 4.78 is 0. The van der Waals surface area contributed by atoms with E-state index in [0.717, 1.165) is 0 Å². The first-order valence-electron chi connectivity index (χ1n) is 6.02. The fourth-order valence-electron chi connectivity index (χ4n) is 1.80. The second-order valence-electron chi connectivity index (χ2n) is 4.39. The zero-order valence-corrected chi connectivity index (χ0v) is 17.5. The van der Waals surface area contributed by atoms with Gasteiger partial charge in [-0.3, -0.25) is 9.59 Å². The number of rotatable bonds is 7. The van der Waals surface area contributed by atoms with Gasteiger partial charge in [0.25, 0.3) is 0 Å². The molecule has 0 N–H and O–H groups in total. The summed E-state index contributed by atoms with van der Waals surface area (Å²) in [5, 5.41) is 22.3. The van der Waals surface area contributed by atoms with Crippen LogP contribution in [0, 0.1) is 0 Å². The maximum Gasteiger partial charge on any atom is 1.00 e. The summed E-state index contributed by atoms with van der Waals surface area (Å²) in [6, 6.07) is 0. The molecule has 0 amide bonds. The second-order valence-corrected chi connectivity index (χ2v) is 4.39. The minimum atomic E-state index is -0.204. The molecule has 0 aromatic carbocycles. The quantitative estimate of drug-likeness (QED) is 0.204. The van der Waals surface area contributed by atoms with Crippen molar-refractivity contribution >= 4 is 11.6 Å². The van der Waals surface area contributed by atoms with E-state index in [0.29, 0.717) is 36.8 Å². The van der Waals surface area contributed by atoms with Crippen LogP contribution < -0.4 is 69.3 Å². The first-order chi connectivity index (χ1) is 8.27. The van der Waals surface area contributed by atoms with Gasteiger partial charge in [0.05, 0.1) is 0 Å². The zero-order chi connectivity index (χ0) is 14.3. The van der Waals surface area contributed by atoms with Crippen LogP contribution in [0.25, 0.3) is 0 Å². The molecule has 0 aromatic heterocycles. The van der Waals surface area contributed by atoms with Crippen molar-refractivity contribution in [1.29, 1.82) is 0 Å². The number of Topliss-reactive ketones (excluding diaryl/α,β-unsaturated/α-hetero) is 2. The summed E-state index contributed by atoms with van der Waals surface area (Å²) in [6.07, 6.45) is 2.07. The summed E-state index contributed by atoms with van der Waals surface area (Å²) in [4.78, 5) is 22.3. The SMILES string of the molecule is CC(=O)/C(CCCC/C(C(C)=O)=C(\C)[O-])=C(/C)[O-].[Na+].[Na+]. The van der Waals surface area contributed by atoms with Crippen LogP contribution in [0.2, 0.25) is 0 Å². The van der Waals surface area contributed by atoms with Gasteiger partial charge in [0.1, 0.15) is 0 Å². The Labute approximate surface area is 165 Å². The molecule has 0 bridgehead atoms. The van der Waals surface area contributed by atoms with Crippen LogP contribution in [0.1, 0.15) is 53.4 Å². The Balaban J connectivity index is -0.00000144. The maximum atomic E-state index is 11.2. The third-order valence-corrected chi connectivity index (χ3v) is 2.80. The van der Waals surface area contributed by atoms with Crippen LogP contribution in [-0.4, -0.2) is 11.6 Å². The van der Waals surface area contributed by atoms with Crippen molar-refractivity contribution in [1.82, 2.24) is 0 Å². The van der Waals surface area contributed by atoms with Crippen LogP contribution in [0.3, 0.4) is 0 Å². The second kappa shape index (κ2) is 13.1. The monoisotopic (exact) mass is 298 g/mol. The van der Waals surface area contributed by atoms with E-state index in [1.165, 1.54) is 27.7 Å². The van der Waals surface area contributed by atoms with Crippen molar-refractivity contribution in [3.05, 3.63) is 22.7 Å². The van der Waals surface area contributed by atoms with Gasteiger partial charge >= 0.3 is 59.1 Å². The molecule has 0 fully saturated rings. The number of hydrogen-bond acceptors (Lipinski definition) is 4. The minimum Gasteiger partial charge on any atom is -0.875 e. The van der Waals surface area contributed by atoms with Crippen LogP contribution >= 0.6 is 0 Å². The Morgan fingerprint density at radius 1 is 0.700 bits per heavy atom. The predicted octanol–water partition coefficient (Wildman–Crippen LogP) is -5.00. The van der Waals surface area contributed by atoms with Gasteiger partial charge in [-0.05, 0) is 50.7 Å². The van der Waals surface area contributed by atoms with Crippen LogP contribution in [-0.2, 0) is 9.59 Å². The fourth-order valence-corrected chi connectivity index (χ4v) is 1.80. The Kier molecular flexibility index (Phi) is 16.6. The molecule has 0 aliphatic carbocycles. The first kappa shape index (κ1) is 25.4. The van der Waals surface area contributed by atoms with Crippen LogP contribution in [0.5, 0.6) is 0 Å². The summed E-state index contributed by atoms with van der Waals surface area (Å²) >= 11 is 0. The molecule has 0 aliphatic rings. The van der Waals surface area contributed by atoms with Gasteiger partial charge in [-0.1, -0.05) is 13.8 Å². The molecule has 0 rings (SSSR count). The smallest absolute Gasteiger partial charge is 0.875 e. The van der Waals surface area contributed by atoms with Crippen molar-refractivity contribution in [2.75, 3.05) is 0 Å². The van der Waals surface area contributed by atoms with E-state index in [9.17, 15) is 19.8 Å². The van der Waals surface area contributed by atoms with Gasteiger partial charge in [0.2, 0.25) is 0 Å². The van der Waals surface area contributed by atoms with Crippen molar-refractivity contribution < 1.29 is 78.9 Å². The average molecular weight is 298 g/mol. The summed E-state index contributed by atoms with van der Waals surface area (Å²) in [5.74, 6) is -0.815. The molecule has 0 unspecified atom stereocenters. The molecular weight excluding hydrogens is 278 g/mol. The number of hydrogen-bond donors (Lipinski definition) is 0. The molecule has 0 radical (unpaired) electrons. The van der Waals surface area contributed by atoms with E-state index in [1.807, 2.05) is 0 Å². The average Bonchev–Trinajstić information content (AvgIpc) is 2.20. The standard InChI is InChI=1S/C14H22O4.2Na/c1-9(15)13(10(2)16)7-5-6-8-14(11(3)17)12(4)18;;/h15,17H,5-8H2,1-4H3;;/q;2*+1/p-2/b13-9-,14-11-;;. The Bertz CT molecular complexity index is 352. The molecule has 0 saturated heterocycles. The first-order valence-corrected chi connectivity index (χ1v) is 6.02. The number of allylic oxidation sites excluding steroid dienone is 4. The predicted molar refractivity (Wildman–Crippen MR) is 65.2 cm³/mol. The van der Waals surface area contributed by atoms with Gasteiger partial charge in [-0.2, -0.15) is 0 Å². The van der Waals surface area contributed by atoms with E-state index in [2.05, 4.69) is 0 Å². The van der Waals surface area contributed by atoms with Gasteiger partial charge < -0.3 is 10.2 Å². The van der Waals surface area contributed by atoms with Gasteiger partial charge in [0, 0.05) is 0 Å². The van der Waals surface area contributed by atoms with Crippen LogP contribution in [0.15, 0.2) is 22.7 Å². The molecule has 0 aliphatic heterocycles. The molecule has 4 nitrogen and oxygen atoms in total. The van der Waals surface area contributed by atoms with Gasteiger partial charge in [-0.25, -0.2) is 0 Å². The maximum absolute atomic E-state index is 11.2. The molecule has 0 spiro atoms. The zero-order valence-electron chi connectivity index (χ0n) is 13.5.